The van der Waals surface area contributed by atoms with Crippen LogP contribution in [0, 0.1) is 104 Å². The smallest absolute Gasteiger partial charge is 0.333 e. The van der Waals surface area contributed by atoms with Crippen LogP contribution in [0.3, 0.4) is 0 Å². The third-order valence-corrected chi connectivity index (χ3v) is 26.7. The van der Waals surface area contributed by atoms with Crippen molar-refractivity contribution >= 4 is 36.4 Å². The molecule has 0 N–H and O–H groups in total. The van der Waals surface area contributed by atoms with Gasteiger partial charge in [-0.2, -0.15) is 0 Å². The molecule has 0 aromatic rings. The molecule has 0 saturated heterocycles. The van der Waals surface area contributed by atoms with Crippen molar-refractivity contribution in [2.24, 2.45) is 104 Å². The van der Waals surface area contributed by atoms with Crippen LogP contribution in [-0.4, -0.2) is 57.5 Å². The average Bonchev–Trinajstić information content (AvgIpc) is 3.89. The van der Waals surface area contributed by atoms with Crippen molar-refractivity contribution in [2.75, 3.05) is 18.5 Å². The normalized spacial score (nSPS) is 40.9. The van der Waals surface area contributed by atoms with Crippen molar-refractivity contribution in [3.63, 3.8) is 0 Å². The van der Waals surface area contributed by atoms with Crippen molar-refractivity contribution < 1.29 is 32.7 Å². The van der Waals surface area contributed by atoms with Crippen LogP contribution >= 0.6 is 15.9 Å². The number of ether oxygens (including phenoxy) is 3. The lowest BCUT2D eigenvalue weighted by Crippen LogP contribution is -2.54. The summed E-state index contributed by atoms with van der Waals surface area (Å²) in [5, 5.41) is 1.08. The van der Waals surface area contributed by atoms with Gasteiger partial charge in [-0.1, -0.05) is 70.3 Å². The summed E-state index contributed by atoms with van der Waals surface area (Å²) in [5.41, 5.74) is 0.770. The highest BCUT2D eigenvalue weighted by Crippen LogP contribution is 2.70. The Bertz CT molecular complexity index is 1890. The maximum Gasteiger partial charge on any atom is 0.333 e. The Morgan fingerprint density at radius 1 is 0.533 bits per heavy atom. The number of halogens is 1. The van der Waals surface area contributed by atoms with Gasteiger partial charge in [0.15, 0.2) is 0 Å². The number of hydrogen-bond donors (Lipinski definition) is 0. The highest BCUT2D eigenvalue weighted by molar-refractivity contribution is 9.09. The molecule has 11 unspecified atom stereocenters. The van der Waals surface area contributed by atoms with E-state index in [0.29, 0.717) is 45.3 Å². The summed E-state index contributed by atoms with van der Waals surface area (Å²) in [6.45, 7) is 33.9. The lowest BCUT2D eigenvalue weighted by atomic mass is 9.44. The second-order valence-corrected chi connectivity index (χ2v) is 35.4. The van der Waals surface area contributed by atoms with E-state index in [1.54, 1.807) is 0 Å². The Kier molecular flexibility index (Phi) is 19.5. The van der Waals surface area contributed by atoms with Crippen molar-refractivity contribution in [1.29, 1.82) is 0 Å². The number of carbonyl (C=O) groups excluding carboxylic acids is 2. The molecule has 0 heterocycles. The maximum absolute atomic E-state index is 12.9. The van der Waals surface area contributed by atoms with E-state index in [9.17, 15) is 9.59 Å². The average molecular weight is 1130 g/mol. The van der Waals surface area contributed by atoms with Gasteiger partial charge in [-0.3, -0.25) is 9.59 Å². The van der Waals surface area contributed by atoms with Gasteiger partial charge in [0.05, 0.1) is 10.8 Å². The van der Waals surface area contributed by atoms with E-state index < -0.39 is 19.4 Å². The quantitative estimate of drug-likeness (QED) is 0.0372. The highest BCUT2D eigenvalue weighted by Gasteiger charge is 2.63. The SMILES string of the molecule is C[C@H](CCCOC(CC[C@@H](C)C1CCC2C3CCC4C[C@H](OC(=O)C(C)(C)C)CC[C@]4(C)C3CC[C@@]21C)O[Si](C)(C)OCCCCCCBr)C1CCC2C3CCC4C[C@H](OC(=O)C(C)(C)C)CC[C@]4(C)C3CC[C@@]21C. The first-order chi connectivity index (χ1) is 35.2. The highest BCUT2D eigenvalue weighted by atomic mass is 79.9. The minimum atomic E-state index is -2.40. The minimum Gasteiger partial charge on any atom is -0.462 e. The molecule has 0 aromatic carbocycles. The molecular formula is C66H115BrO7Si. The second kappa shape index (κ2) is 24.2. The van der Waals surface area contributed by atoms with Crippen LogP contribution in [0.1, 0.15) is 250 Å². The van der Waals surface area contributed by atoms with Crippen LogP contribution in [0.2, 0.25) is 13.1 Å². The van der Waals surface area contributed by atoms with Gasteiger partial charge in [0, 0.05) is 18.5 Å². The van der Waals surface area contributed by atoms with E-state index in [4.69, 9.17) is 23.1 Å². The molecule has 8 rings (SSSR count). The van der Waals surface area contributed by atoms with Gasteiger partial charge in [0.1, 0.15) is 18.5 Å². The molecule has 0 aromatic heterocycles. The number of alkyl halides is 1. The van der Waals surface area contributed by atoms with Crippen LogP contribution in [0.15, 0.2) is 0 Å². The molecule has 75 heavy (non-hydrogen) atoms. The van der Waals surface area contributed by atoms with Gasteiger partial charge < -0.3 is 23.1 Å². The predicted molar refractivity (Wildman–Crippen MR) is 312 cm³/mol. The van der Waals surface area contributed by atoms with E-state index in [-0.39, 0.29) is 30.4 Å². The number of rotatable bonds is 21. The lowest BCUT2D eigenvalue weighted by molar-refractivity contribution is -0.171. The molecule has 8 fully saturated rings. The summed E-state index contributed by atoms with van der Waals surface area (Å²) >= 11 is 3.60. The summed E-state index contributed by atoms with van der Waals surface area (Å²) < 4.78 is 32.9. The Morgan fingerprint density at radius 2 is 0.987 bits per heavy atom. The van der Waals surface area contributed by atoms with E-state index in [1.807, 2.05) is 41.5 Å². The monoisotopic (exact) mass is 1130 g/mol. The molecule has 0 aliphatic heterocycles. The molecule has 7 nitrogen and oxygen atoms in total. The van der Waals surface area contributed by atoms with Crippen LogP contribution in [0.25, 0.3) is 0 Å². The third-order valence-electron chi connectivity index (χ3n) is 24.4. The number of fused-ring (bicyclic) bond motifs is 10. The molecule has 8 saturated carbocycles. The van der Waals surface area contributed by atoms with E-state index in [1.165, 1.54) is 116 Å². The molecule has 0 radical (unpaired) electrons. The molecule has 19 atom stereocenters. The van der Waals surface area contributed by atoms with Crippen molar-refractivity contribution in [3.05, 3.63) is 0 Å². The first-order valence-corrected chi connectivity index (χ1v) is 36.1. The minimum absolute atomic E-state index is 0.0258. The molecule has 0 amide bonds. The molecular weight excluding hydrogens is 1010 g/mol. The summed E-state index contributed by atoms with van der Waals surface area (Å²) in [5.74, 6) is 9.26. The Morgan fingerprint density at radius 3 is 1.47 bits per heavy atom. The fraction of sp³-hybridized carbons (Fsp3) is 0.970. The number of carbonyl (C=O) groups is 2. The number of unbranched alkanes of at least 4 members (excludes halogenated alkanes) is 3. The number of hydrogen-bond acceptors (Lipinski definition) is 7. The summed E-state index contributed by atoms with van der Waals surface area (Å²) in [7, 11) is -2.40. The fourth-order valence-corrected chi connectivity index (χ4v) is 22.0. The van der Waals surface area contributed by atoms with Crippen molar-refractivity contribution in [1.82, 2.24) is 0 Å². The first-order valence-electron chi connectivity index (χ1n) is 32.1. The zero-order valence-electron chi connectivity index (χ0n) is 50.9. The van der Waals surface area contributed by atoms with Gasteiger partial charge >= 0.3 is 20.5 Å². The molecule has 0 spiro atoms. The lowest BCUT2D eigenvalue weighted by Gasteiger charge is -2.61. The Labute approximate surface area is 470 Å². The molecule has 432 valence electrons. The van der Waals surface area contributed by atoms with Crippen molar-refractivity contribution in [3.8, 4) is 0 Å². The molecule has 8 aliphatic carbocycles. The largest absolute Gasteiger partial charge is 0.462 e. The summed E-state index contributed by atoms with van der Waals surface area (Å²) in [4.78, 5) is 25.7. The van der Waals surface area contributed by atoms with Gasteiger partial charge in [-0.25, -0.2) is 0 Å². The Hall–Kier alpha value is -0.483. The number of esters is 2. The fourth-order valence-electron chi connectivity index (χ4n) is 20.1. The standard InChI is InChI=1S/C66H115BrO7Si/c1-44(52-26-28-54-50-24-22-46-42-48(72-59(68)61(3,4)5)31-35-63(46,9)56(50)33-37-65(52,54)11)20-19-40-70-58(74-75(13,14)71-41-18-16-15-17-39-67)30-21-45(2)53-27-29-55-51-25-23-47-43-49(73-60(69)62(6,7)8)32-36-64(47,10)57(51)34-38-66(53,55)12/h44-58H,15-43H2,1-14H3/t44-,45-,46?,47?,48-,49-,50?,51?,52?,53?,54?,55?,56?,57?,58?,63+,64+,65-,66-/m1/s1. The van der Waals surface area contributed by atoms with Gasteiger partial charge in [0.2, 0.25) is 0 Å². The van der Waals surface area contributed by atoms with E-state index in [0.717, 1.165) is 117 Å². The summed E-state index contributed by atoms with van der Waals surface area (Å²) in [6, 6.07) is 0. The van der Waals surface area contributed by atoms with Crippen LogP contribution in [0.5, 0.6) is 0 Å². The zero-order valence-corrected chi connectivity index (χ0v) is 53.5. The first kappa shape index (κ1) is 60.6. The van der Waals surface area contributed by atoms with Crippen LogP contribution in [0.4, 0.5) is 0 Å². The van der Waals surface area contributed by atoms with Crippen LogP contribution in [-0.2, 0) is 32.7 Å². The van der Waals surface area contributed by atoms with Crippen LogP contribution < -0.4 is 0 Å². The topological polar surface area (TPSA) is 80.3 Å². The van der Waals surface area contributed by atoms with Gasteiger partial charge in [-0.15, -0.1) is 0 Å². The second-order valence-electron chi connectivity index (χ2n) is 31.3. The van der Waals surface area contributed by atoms with Crippen molar-refractivity contribution in [2.45, 2.75) is 282 Å². The van der Waals surface area contributed by atoms with E-state index in [2.05, 4.69) is 70.6 Å². The zero-order chi connectivity index (χ0) is 54.4. The van der Waals surface area contributed by atoms with E-state index >= 15 is 0 Å². The molecule has 9 heteroatoms. The van der Waals surface area contributed by atoms with Gasteiger partial charge in [0.25, 0.3) is 0 Å². The maximum atomic E-state index is 12.9. The van der Waals surface area contributed by atoms with Gasteiger partial charge in [-0.05, 0) is 301 Å². The Balaban J connectivity index is 0.839. The predicted octanol–water partition coefficient (Wildman–Crippen LogP) is 18.1. The summed E-state index contributed by atoms with van der Waals surface area (Å²) in [6.07, 6.45) is 32.4. The molecule has 8 aliphatic rings. The molecule has 0 bridgehead atoms. The third kappa shape index (κ3) is 13.1.